The first-order valence-electron chi connectivity index (χ1n) is 10.1. The largest absolute Gasteiger partial charge is 0.507 e. The van der Waals surface area contributed by atoms with Gasteiger partial charge in [-0.2, -0.15) is 0 Å². The van der Waals surface area contributed by atoms with Gasteiger partial charge in [0.2, 0.25) is 0 Å². The summed E-state index contributed by atoms with van der Waals surface area (Å²) in [7, 11) is -3.90. The molecule has 0 unspecified atom stereocenters. The molecule has 0 aromatic heterocycles. The molecule has 0 heterocycles. The van der Waals surface area contributed by atoms with Gasteiger partial charge in [0.25, 0.3) is 10.0 Å². The van der Waals surface area contributed by atoms with Crippen LogP contribution in [0.5, 0.6) is 11.5 Å². The smallest absolute Gasteiger partial charge is 0.261 e. The summed E-state index contributed by atoms with van der Waals surface area (Å²) in [6, 6.07) is 25.7. The van der Waals surface area contributed by atoms with Gasteiger partial charge in [0.1, 0.15) is 11.5 Å². The Kier molecular flexibility index (Phi) is 5.23. The summed E-state index contributed by atoms with van der Waals surface area (Å²) in [6.45, 7) is 0. The van der Waals surface area contributed by atoms with Gasteiger partial charge in [-0.05, 0) is 47.2 Å². The van der Waals surface area contributed by atoms with E-state index in [2.05, 4.69) is 20.7 Å². The third-order valence-electron chi connectivity index (χ3n) is 5.56. The van der Waals surface area contributed by atoms with Crippen molar-refractivity contribution in [3.63, 3.8) is 0 Å². The van der Waals surface area contributed by atoms with Crippen molar-refractivity contribution in [3.05, 3.63) is 95.5 Å². The van der Waals surface area contributed by atoms with Crippen molar-refractivity contribution in [1.82, 2.24) is 0 Å². The van der Waals surface area contributed by atoms with Crippen LogP contribution in [0, 0.1) is 0 Å². The van der Waals surface area contributed by atoms with Crippen LogP contribution in [0.4, 0.5) is 5.69 Å². The molecular weight excluding hydrogens is 502 g/mol. The van der Waals surface area contributed by atoms with E-state index in [1.54, 1.807) is 54.6 Å². The highest BCUT2D eigenvalue weighted by Crippen LogP contribution is 2.46. The van der Waals surface area contributed by atoms with Crippen LogP contribution in [0.15, 0.2) is 100 Å². The van der Waals surface area contributed by atoms with Crippen molar-refractivity contribution in [2.24, 2.45) is 0 Å². The summed E-state index contributed by atoms with van der Waals surface area (Å²) >= 11 is 3.31. The number of halogens is 1. The zero-order chi connectivity index (χ0) is 23.2. The third-order valence-corrected chi connectivity index (χ3v) is 7.47. The van der Waals surface area contributed by atoms with Crippen LogP contribution in [-0.2, 0) is 10.0 Å². The number of phenols is 2. The molecule has 0 saturated carbocycles. The standard InChI is InChI=1S/C26H18BrNO4S/c27-17-10-12-18(13-11-17)33(31,32)28-23-15-22(26(30)21-8-4-3-7-20(21)23)25-19-6-2-1-5-16(19)9-14-24(25)29/h1-15,28-30H. The molecule has 0 bridgehead atoms. The first-order valence-corrected chi connectivity index (χ1v) is 12.4. The number of aromatic hydroxyl groups is 2. The lowest BCUT2D eigenvalue weighted by Gasteiger charge is -2.17. The highest BCUT2D eigenvalue weighted by atomic mass is 79.9. The maximum atomic E-state index is 13.1. The van der Waals surface area contributed by atoms with Crippen LogP contribution >= 0.6 is 15.9 Å². The fourth-order valence-electron chi connectivity index (χ4n) is 4.00. The summed E-state index contributed by atoms with van der Waals surface area (Å²) < 4.78 is 29.7. The Labute approximate surface area is 199 Å². The molecule has 0 aliphatic carbocycles. The molecule has 5 aromatic carbocycles. The van der Waals surface area contributed by atoms with Crippen molar-refractivity contribution < 1.29 is 18.6 Å². The number of benzene rings is 5. The molecule has 5 nitrogen and oxygen atoms in total. The molecule has 0 radical (unpaired) electrons. The molecule has 0 spiro atoms. The quantitative estimate of drug-likeness (QED) is 0.232. The molecule has 0 saturated heterocycles. The van der Waals surface area contributed by atoms with Crippen molar-refractivity contribution in [3.8, 4) is 22.6 Å². The molecule has 5 aromatic rings. The van der Waals surface area contributed by atoms with Crippen molar-refractivity contribution in [2.75, 3.05) is 4.72 Å². The highest BCUT2D eigenvalue weighted by molar-refractivity contribution is 9.10. The Balaban J connectivity index is 1.76. The number of sulfonamides is 1. The maximum Gasteiger partial charge on any atom is 0.261 e. The van der Waals surface area contributed by atoms with Gasteiger partial charge in [-0.1, -0.05) is 70.5 Å². The van der Waals surface area contributed by atoms with E-state index in [0.29, 0.717) is 27.6 Å². The van der Waals surface area contributed by atoms with Crippen LogP contribution in [0.2, 0.25) is 0 Å². The number of phenolic OH excluding ortho intramolecular Hbond substituents is 2. The minimum atomic E-state index is -3.90. The van der Waals surface area contributed by atoms with E-state index < -0.39 is 10.0 Å². The molecule has 0 amide bonds. The van der Waals surface area contributed by atoms with E-state index in [1.807, 2.05) is 24.3 Å². The summed E-state index contributed by atoms with van der Waals surface area (Å²) in [5, 5.41) is 24.5. The summed E-state index contributed by atoms with van der Waals surface area (Å²) in [4.78, 5) is 0.109. The summed E-state index contributed by atoms with van der Waals surface area (Å²) in [5.41, 5.74) is 1.06. The van der Waals surface area contributed by atoms with E-state index in [-0.39, 0.29) is 16.4 Å². The Morgan fingerprint density at radius 3 is 2.09 bits per heavy atom. The zero-order valence-electron chi connectivity index (χ0n) is 17.2. The minimum Gasteiger partial charge on any atom is -0.507 e. The van der Waals surface area contributed by atoms with Gasteiger partial charge >= 0.3 is 0 Å². The molecular formula is C26H18BrNO4S. The monoisotopic (exact) mass is 519 g/mol. The van der Waals surface area contributed by atoms with Crippen LogP contribution in [-0.4, -0.2) is 18.6 Å². The van der Waals surface area contributed by atoms with Gasteiger partial charge in [-0.15, -0.1) is 0 Å². The van der Waals surface area contributed by atoms with Gasteiger partial charge in [0, 0.05) is 26.4 Å². The average Bonchev–Trinajstić information content (AvgIpc) is 2.81. The molecule has 5 rings (SSSR count). The van der Waals surface area contributed by atoms with Crippen molar-refractivity contribution >= 4 is 53.2 Å². The van der Waals surface area contributed by atoms with E-state index in [9.17, 15) is 18.6 Å². The number of anilines is 1. The molecule has 0 fully saturated rings. The second-order valence-corrected chi connectivity index (χ2v) is 10.2. The fourth-order valence-corrected chi connectivity index (χ4v) is 5.33. The lowest BCUT2D eigenvalue weighted by molar-refractivity contribution is 0.472. The zero-order valence-corrected chi connectivity index (χ0v) is 19.6. The third kappa shape index (κ3) is 3.79. The van der Waals surface area contributed by atoms with Gasteiger partial charge < -0.3 is 10.2 Å². The summed E-state index contributed by atoms with van der Waals surface area (Å²) in [6.07, 6.45) is 0. The van der Waals surface area contributed by atoms with Crippen LogP contribution in [0.3, 0.4) is 0 Å². The molecule has 0 aliphatic rings. The number of fused-ring (bicyclic) bond motifs is 2. The second-order valence-electron chi connectivity index (χ2n) is 7.61. The van der Waals surface area contributed by atoms with Gasteiger partial charge in [-0.3, -0.25) is 4.72 Å². The van der Waals surface area contributed by atoms with Crippen LogP contribution in [0.1, 0.15) is 0 Å². The second kappa shape index (κ2) is 8.10. The molecule has 7 heteroatoms. The van der Waals surface area contributed by atoms with E-state index in [4.69, 9.17) is 0 Å². The molecule has 0 aliphatic heterocycles. The molecule has 33 heavy (non-hydrogen) atoms. The minimum absolute atomic E-state index is 0.0130. The predicted molar refractivity (Wildman–Crippen MR) is 135 cm³/mol. The van der Waals surface area contributed by atoms with Crippen molar-refractivity contribution in [2.45, 2.75) is 4.90 Å². The first-order chi connectivity index (χ1) is 15.8. The summed E-state index contributed by atoms with van der Waals surface area (Å²) in [5.74, 6) is -0.0511. The SMILES string of the molecule is O=S(=O)(Nc1cc(-c2c(O)ccc3ccccc23)c(O)c2ccccc12)c1ccc(Br)cc1. The van der Waals surface area contributed by atoms with Crippen molar-refractivity contribution in [1.29, 1.82) is 0 Å². The number of hydrogen-bond donors (Lipinski definition) is 3. The number of nitrogens with one attached hydrogen (secondary N) is 1. The normalized spacial score (nSPS) is 11.7. The highest BCUT2D eigenvalue weighted by Gasteiger charge is 2.21. The molecule has 164 valence electrons. The predicted octanol–water partition coefficient (Wildman–Crippen LogP) is 6.63. The average molecular weight is 520 g/mol. The van der Waals surface area contributed by atoms with Gasteiger partial charge in [0.15, 0.2) is 0 Å². The topological polar surface area (TPSA) is 86.6 Å². The number of rotatable bonds is 4. The maximum absolute atomic E-state index is 13.1. The van der Waals surface area contributed by atoms with Gasteiger partial charge in [0.05, 0.1) is 10.6 Å². The molecule has 3 N–H and O–H groups in total. The lowest BCUT2D eigenvalue weighted by Crippen LogP contribution is -2.13. The molecule has 0 atom stereocenters. The fraction of sp³-hybridized carbons (Fsp3) is 0. The van der Waals surface area contributed by atoms with E-state index >= 15 is 0 Å². The lowest BCUT2D eigenvalue weighted by atomic mass is 9.93. The van der Waals surface area contributed by atoms with Gasteiger partial charge in [-0.25, -0.2) is 8.42 Å². The van der Waals surface area contributed by atoms with Crippen LogP contribution in [0.25, 0.3) is 32.7 Å². The van der Waals surface area contributed by atoms with E-state index in [1.165, 1.54) is 12.1 Å². The van der Waals surface area contributed by atoms with E-state index in [0.717, 1.165) is 15.2 Å². The Hall–Kier alpha value is -3.55. The Morgan fingerprint density at radius 2 is 1.36 bits per heavy atom. The Bertz CT molecular complexity index is 1630. The van der Waals surface area contributed by atoms with Crippen LogP contribution < -0.4 is 4.72 Å². The first kappa shape index (κ1) is 21.3. The number of hydrogen-bond acceptors (Lipinski definition) is 4. The Morgan fingerprint density at radius 1 is 0.727 bits per heavy atom.